The fraction of sp³-hybridized carbons (Fsp3) is 0.304. The molecule has 3 rings (SSSR count). The lowest BCUT2D eigenvalue weighted by atomic mass is 10.0. The van der Waals surface area contributed by atoms with Crippen molar-refractivity contribution >= 4 is 62.5 Å². The minimum absolute atomic E-state index is 0.112. The summed E-state index contributed by atoms with van der Waals surface area (Å²) < 4.78 is 26.6. The summed E-state index contributed by atoms with van der Waals surface area (Å²) in [6, 6.07) is 4.39. The van der Waals surface area contributed by atoms with Gasteiger partial charge in [-0.25, -0.2) is 13.2 Å². The largest absolute Gasteiger partial charge is 0.341 e. The molecule has 2 heterocycles. The third-order valence-electron chi connectivity index (χ3n) is 5.75. The fourth-order valence-electron chi connectivity index (χ4n) is 3.81. The van der Waals surface area contributed by atoms with Gasteiger partial charge in [0, 0.05) is 56.5 Å². The van der Waals surface area contributed by atoms with Crippen LogP contribution in [0.1, 0.15) is 38.1 Å². The monoisotopic (exact) mass is 561 g/mol. The highest BCUT2D eigenvalue weighted by Gasteiger charge is 2.30. The van der Waals surface area contributed by atoms with Crippen LogP contribution in [0.5, 0.6) is 0 Å². The molecule has 1 aromatic carbocycles. The molecule has 0 atom stereocenters. The first kappa shape index (κ1) is 28.6. The van der Waals surface area contributed by atoms with Gasteiger partial charge in [-0.1, -0.05) is 0 Å². The van der Waals surface area contributed by atoms with Gasteiger partial charge < -0.3 is 26.4 Å². The smallest absolute Gasteiger partial charge is 0.321 e. The van der Waals surface area contributed by atoms with Crippen LogP contribution in [0.4, 0.5) is 9.80 Å². The highest BCUT2D eigenvalue weighted by atomic mass is 32.2. The van der Waals surface area contributed by atoms with Crippen molar-refractivity contribution in [1.82, 2.24) is 19.8 Å². The van der Waals surface area contributed by atoms with Crippen LogP contribution in [0.3, 0.4) is 0 Å². The second-order valence-corrected chi connectivity index (χ2v) is 11.2. The van der Waals surface area contributed by atoms with Crippen LogP contribution in [-0.2, 0) is 27.8 Å². The van der Waals surface area contributed by atoms with Crippen molar-refractivity contribution in [3.05, 3.63) is 45.8 Å². The van der Waals surface area contributed by atoms with E-state index in [-0.39, 0.29) is 46.6 Å². The molecule has 0 fully saturated rings. The number of carbonyl (C=O) groups excluding carboxylic acids is 4. The summed E-state index contributed by atoms with van der Waals surface area (Å²) >= 11 is 1.13. The van der Waals surface area contributed by atoms with Crippen molar-refractivity contribution in [3.8, 4) is 0 Å². The van der Waals surface area contributed by atoms with Crippen LogP contribution in [0.25, 0.3) is 0 Å². The number of nitrogens with zero attached hydrogens (tertiary/aromatic N) is 2. The molecule has 0 aliphatic carbocycles. The van der Waals surface area contributed by atoms with Gasteiger partial charge in [0.25, 0.3) is 11.8 Å². The van der Waals surface area contributed by atoms with Crippen LogP contribution >= 0.6 is 11.3 Å². The van der Waals surface area contributed by atoms with Crippen LogP contribution in [0.15, 0.2) is 29.2 Å². The van der Waals surface area contributed by atoms with E-state index in [9.17, 15) is 27.6 Å². The predicted molar refractivity (Wildman–Crippen MR) is 142 cm³/mol. The highest BCUT2D eigenvalue weighted by Crippen LogP contribution is 2.37. The lowest BCUT2D eigenvalue weighted by Crippen LogP contribution is -2.39. The molecular formula is C23H27N7O6S2. The number of benzene rings is 1. The first-order valence-corrected chi connectivity index (χ1v) is 13.6. The molecule has 2 aromatic rings. The van der Waals surface area contributed by atoms with E-state index in [1.807, 2.05) is 0 Å². The SMILES string of the molecule is CNC(=O)NC(=O)c1c(NC(=O)c2ccc(S(=O)(=O)N(CC=N)CC=N)cc2)sc2c1CCN(C(C)=O)C2. The van der Waals surface area contributed by atoms with E-state index in [1.165, 1.54) is 38.2 Å². The standard InChI is InChI=1S/C23H27N7O6S2/c1-14(31)29-10-7-17-18(13-29)37-22(19(17)21(33)28-23(34)26-2)27-20(32)15-3-5-16(6-4-15)38(35,36)30(11-8-24)12-9-25/h3-6,8-9,24-25H,7,10-13H2,1-2H3,(H,27,32)(H2,26,28,33,34). The molecule has 0 bridgehead atoms. The highest BCUT2D eigenvalue weighted by molar-refractivity contribution is 7.89. The molecule has 202 valence electrons. The van der Waals surface area contributed by atoms with Crippen molar-refractivity contribution in [2.45, 2.75) is 24.8 Å². The van der Waals surface area contributed by atoms with E-state index in [2.05, 4.69) is 16.0 Å². The number of hydrogen-bond acceptors (Lipinski definition) is 9. The van der Waals surface area contributed by atoms with Crippen LogP contribution in [0.2, 0.25) is 0 Å². The third kappa shape index (κ3) is 6.12. The zero-order chi connectivity index (χ0) is 28.0. The van der Waals surface area contributed by atoms with Crippen LogP contribution in [-0.4, -0.2) is 80.5 Å². The van der Waals surface area contributed by atoms with Gasteiger partial charge in [-0.3, -0.25) is 19.7 Å². The Morgan fingerprint density at radius 3 is 2.26 bits per heavy atom. The molecule has 1 aliphatic heterocycles. The van der Waals surface area contributed by atoms with Crippen LogP contribution < -0.4 is 16.0 Å². The number of fused-ring (bicyclic) bond motifs is 1. The normalized spacial score (nSPS) is 12.9. The Hall–Kier alpha value is -3.95. The maximum absolute atomic E-state index is 13.1. The van der Waals surface area contributed by atoms with E-state index >= 15 is 0 Å². The van der Waals surface area contributed by atoms with Gasteiger partial charge in [-0.2, -0.15) is 4.31 Å². The molecule has 0 unspecified atom stereocenters. The lowest BCUT2D eigenvalue weighted by Gasteiger charge is -2.26. The summed E-state index contributed by atoms with van der Waals surface area (Å²) in [5, 5.41) is 21.8. The Bertz CT molecular complexity index is 1380. The predicted octanol–water partition coefficient (Wildman–Crippen LogP) is 1.26. The lowest BCUT2D eigenvalue weighted by molar-refractivity contribution is -0.129. The molecule has 1 aromatic heterocycles. The summed E-state index contributed by atoms with van der Waals surface area (Å²) in [7, 11) is -2.64. The summed E-state index contributed by atoms with van der Waals surface area (Å²) in [5.74, 6) is -1.44. The van der Waals surface area contributed by atoms with Crippen molar-refractivity contribution in [2.24, 2.45) is 0 Å². The van der Waals surface area contributed by atoms with E-state index in [0.717, 1.165) is 28.1 Å². The average molecular weight is 562 g/mol. The summed E-state index contributed by atoms with van der Waals surface area (Å²) in [6.07, 6.45) is 2.19. The average Bonchev–Trinajstić information content (AvgIpc) is 3.25. The van der Waals surface area contributed by atoms with Gasteiger partial charge >= 0.3 is 6.03 Å². The van der Waals surface area contributed by atoms with Gasteiger partial charge in [-0.05, 0) is 36.2 Å². The van der Waals surface area contributed by atoms with E-state index in [1.54, 1.807) is 4.90 Å². The van der Waals surface area contributed by atoms with Crippen molar-refractivity contribution < 1.29 is 27.6 Å². The number of thiophene rings is 1. The van der Waals surface area contributed by atoms with Crippen molar-refractivity contribution in [2.75, 3.05) is 32.0 Å². The van der Waals surface area contributed by atoms with Crippen molar-refractivity contribution in [3.63, 3.8) is 0 Å². The number of carbonyl (C=O) groups is 4. The second kappa shape index (κ2) is 12.1. The minimum atomic E-state index is -3.99. The fourth-order valence-corrected chi connectivity index (χ4v) is 6.38. The zero-order valence-corrected chi connectivity index (χ0v) is 22.3. The molecule has 0 radical (unpaired) electrons. The maximum atomic E-state index is 13.1. The zero-order valence-electron chi connectivity index (χ0n) is 20.7. The number of hydrogen-bond donors (Lipinski definition) is 5. The summed E-state index contributed by atoms with van der Waals surface area (Å²) in [5.41, 5.74) is 0.894. The number of nitrogens with one attached hydrogen (secondary N) is 5. The van der Waals surface area contributed by atoms with Gasteiger partial charge in [0.15, 0.2) is 0 Å². The summed E-state index contributed by atoms with van der Waals surface area (Å²) in [6.45, 7) is 1.69. The van der Waals surface area contributed by atoms with Gasteiger partial charge in [-0.15, -0.1) is 11.3 Å². The molecule has 5 amide bonds. The van der Waals surface area contributed by atoms with Gasteiger partial charge in [0.05, 0.1) is 17.0 Å². The number of imide groups is 1. The Kier molecular flexibility index (Phi) is 9.08. The van der Waals surface area contributed by atoms with Crippen molar-refractivity contribution in [1.29, 1.82) is 10.8 Å². The Labute approximate surface area is 223 Å². The molecule has 13 nitrogen and oxygen atoms in total. The van der Waals surface area contributed by atoms with E-state index in [4.69, 9.17) is 10.8 Å². The second-order valence-electron chi connectivity index (χ2n) is 8.14. The molecule has 1 aliphatic rings. The molecule has 5 N–H and O–H groups in total. The van der Waals surface area contributed by atoms with E-state index < -0.39 is 27.9 Å². The number of amides is 5. The third-order valence-corrected chi connectivity index (χ3v) is 8.73. The Morgan fingerprint density at radius 2 is 1.71 bits per heavy atom. The Balaban J connectivity index is 1.90. The number of sulfonamides is 1. The first-order chi connectivity index (χ1) is 18.0. The quantitative estimate of drug-likeness (QED) is 0.286. The molecular weight excluding hydrogens is 534 g/mol. The molecule has 0 saturated heterocycles. The number of anilines is 1. The summed E-state index contributed by atoms with van der Waals surface area (Å²) in [4.78, 5) is 51.8. The number of rotatable bonds is 9. The molecule has 0 saturated carbocycles. The maximum Gasteiger partial charge on any atom is 0.321 e. The van der Waals surface area contributed by atoms with Gasteiger partial charge in [0.2, 0.25) is 15.9 Å². The van der Waals surface area contributed by atoms with Gasteiger partial charge in [0.1, 0.15) is 5.00 Å². The van der Waals surface area contributed by atoms with Crippen LogP contribution in [0, 0.1) is 10.8 Å². The number of urea groups is 1. The molecule has 38 heavy (non-hydrogen) atoms. The first-order valence-electron chi connectivity index (χ1n) is 11.4. The molecule has 0 spiro atoms. The van der Waals surface area contributed by atoms with E-state index in [0.29, 0.717) is 23.4 Å². The topological polar surface area (TPSA) is 193 Å². The Morgan fingerprint density at radius 1 is 1.08 bits per heavy atom. The molecule has 15 heteroatoms. The minimum Gasteiger partial charge on any atom is -0.341 e.